The first-order chi connectivity index (χ1) is 10.2. The average Bonchev–Trinajstić information content (AvgIpc) is 3.09. The lowest BCUT2D eigenvalue weighted by Crippen LogP contribution is -2.04. The van der Waals surface area contributed by atoms with Crippen molar-refractivity contribution in [1.82, 2.24) is 15.1 Å². The Labute approximate surface area is 124 Å². The van der Waals surface area contributed by atoms with E-state index in [4.69, 9.17) is 4.52 Å². The van der Waals surface area contributed by atoms with Crippen molar-refractivity contribution in [2.45, 2.75) is 13.3 Å². The largest absolute Gasteiger partial charge is 0.361 e. The predicted octanol–water partition coefficient (Wildman–Crippen LogP) is 3.30. The van der Waals surface area contributed by atoms with Gasteiger partial charge in [-0.15, -0.1) is 11.3 Å². The highest BCUT2D eigenvalue weighted by molar-refractivity contribution is 7.14. The number of anilines is 1. The first-order valence-corrected chi connectivity index (χ1v) is 7.33. The molecule has 0 fully saturated rings. The van der Waals surface area contributed by atoms with Crippen LogP contribution in [0.25, 0.3) is 11.3 Å². The first-order valence-electron chi connectivity index (χ1n) is 6.45. The minimum absolute atomic E-state index is 0.248. The molecule has 0 aliphatic rings. The van der Waals surface area contributed by atoms with Gasteiger partial charge in [0.25, 0.3) is 0 Å². The topological polar surface area (TPSA) is 63.8 Å². The van der Waals surface area contributed by atoms with Crippen LogP contribution in [0.3, 0.4) is 0 Å². The summed E-state index contributed by atoms with van der Waals surface area (Å²) in [6.07, 6.45) is 0.645. The number of halogens is 1. The molecular formula is C14H13FN4OS. The zero-order valence-electron chi connectivity index (χ0n) is 11.3. The fraction of sp³-hybridized carbons (Fsp3) is 0.214. The first kappa shape index (κ1) is 13.7. The summed E-state index contributed by atoms with van der Waals surface area (Å²) in [7, 11) is 0. The van der Waals surface area contributed by atoms with Crippen molar-refractivity contribution in [3.8, 4) is 11.3 Å². The lowest BCUT2D eigenvalue weighted by Gasteiger charge is -1.99. The van der Waals surface area contributed by atoms with Gasteiger partial charge in [0.2, 0.25) is 5.89 Å². The van der Waals surface area contributed by atoms with Gasteiger partial charge >= 0.3 is 0 Å². The van der Waals surface area contributed by atoms with Crippen LogP contribution >= 0.6 is 11.3 Å². The van der Waals surface area contributed by atoms with E-state index in [-0.39, 0.29) is 5.82 Å². The Balaban J connectivity index is 1.59. The maximum absolute atomic E-state index is 12.9. The molecule has 0 aliphatic carbocycles. The number of aryl methyl sites for hydroxylation is 1. The number of aromatic nitrogens is 3. The molecule has 0 amide bonds. The molecule has 5 nitrogen and oxygen atoms in total. The zero-order chi connectivity index (χ0) is 14.7. The van der Waals surface area contributed by atoms with E-state index in [0.29, 0.717) is 24.7 Å². The third kappa shape index (κ3) is 3.43. The van der Waals surface area contributed by atoms with Gasteiger partial charge in [-0.25, -0.2) is 9.37 Å². The minimum Gasteiger partial charge on any atom is -0.361 e. The van der Waals surface area contributed by atoms with Gasteiger partial charge in [-0.05, 0) is 31.2 Å². The molecule has 1 N–H and O–H groups in total. The van der Waals surface area contributed by atoms with Gasteiger partial charge in [-0.3, -0.25) is 0 Å². The molecular weight excluding hydrogens is 291 g/mol. The van der Waals surface area contributed by atoms with Gasteiger partial charge in [-0.2, -0.15) is 4.98 Å². The van der Waals surface area contributed by atoms with Crippen molar-refractivity contribution in [3.05, 3.63) is 47.2 Å². The van der Waals surface area contributed by atoms with Crippen LogP contribution in [0, 0.1) is 12.7 Å². The summed E-state index contributed by atoms with van der Waals surface area (Å²) in [6.45, 7) is 2.45. The lowest BCUT2D eigenvalue weighted by molar-refractivity contribution is 0.377. The van der Waals surface area contributed by atoms with Gasteiger partial charge < -0.3 is 9.84 Å². The van der Waals surface area contributed by atoms with E-state index in [1.807, 2.05) is 5.38 Å². The van der Waals surface area contributed by atoms with Crippen molar-refractivity contribution < 1.29 is 8.91 Å². The second-order valence-corrected chi connectivity index (χ2v) is 5.32. The summed E-state index contributed by atoms with van der Waals surface area (Å²) in [5.41, 5.74) is 1.73. The number of rotatable bonds is 5. The van der Waals surface area contributed by atoms with Crippen LogP contribution in [0.1, 0.15) is 11.7 Å². The highest BCUT2D eigenvalue weighted by Crippen LogP contribution is 2.24. The molecule has 0 atom stereocenters. The normalized spacial score (nSPS) is 10.8. The Hall–Kier alpha value is -2.28. The molecule has 108 valence electrons. The van der Waals surface area contributed by atoms with Gasteiger partial charge in [0.15, 0.2) is 11.0 Å². The third-order valence-corrected chi connectivity index (χ3v) is 3.63. The summed E-state index contributed by atoms with van der Waals surface area (Å²) < 4.78 is 17.9. The van der Waals surface area contributed by atoms with Crippen LogP contribution in [0.4, 0.5) is 9.52 Å². The van der Waals surface area contributed by atoms with Crippen LogP contribution in [-0.4, -0.2) is 21.7 Å². The second-order valence-electron chi connectivity index (χ2n) is 4.46. The van der Waals surface area contributed by atoms with Crippen LogP contribution in [0.5, 0.6) is 0 Å². The molecule has 2 aromatic heterocycles. The number of thiazole rings is 1. The molecule has 0 spiro atoms. The van der Waals surface area contributed by atoms with E-state index in [1.165, 1.54) is 23.5 Å². The van der Waals surface area contributed by atoms with Gasteiger partial charge in [0, 0.05) is 23.9 Å². The van der Waals surface area contributed by atoms with Crippen molar-refractivity contribution in [2.75, 3.05) is 11.9 Å². The van der Waals surface area contributed by atoms with Crippen LogP contribution in [0.2, 0.25) is 0 Å². The molecule has 3 rings (SSSR count). The number of nitrogens with one attached hydrogen (secondary N) is 1. The average molecular weight is 304 g/mol. The number of nitrogens with zero attached hydrogens (tertiary/aromatic N) is 3. The van der Waals surface area contributed by atoms with Crippen molar-refractivity contribution in [2.24, 2.45) is 0 Å². The zero-order valence-corrected chi connectivity index (χ0v) is 12.2. The Morgan fingerprint density at radius 2 is 2.05 bits per heavy atom. The molecule has 0 bridgehead atoms. The van der Waals surface area contributed by atoms with E-state index in [0.717, 1.165) is 16.4 Å². The minimum atomic E-state index is -0.248. The van der Waals surface area contributed by atoms with Crippen LogP contribution in [0.15, 0.2) is 34.2 Å². The molecule has 3 aromatic rings. The molecule has 21 heavy (non-hydrogen) atoms. The summed E-state index contributed by atoms with van der Waals surface area (Å²) in [6, 6.07) is 6.30. The van der Waals surface area contributed by atoms with E-state index < -0.39 is 0 Å². The third-order valence-electron chi connectivity index (χ3n) is 2.83. The van der Waals surface area contributed by atoms with E-state index in [1.54, 1.807) is 19.1 Å². The molecule has 2 heterocycles. The van der Waals surface area contributed by atoms with Crippen molar-refractivity contribution >= 4 is 16.5 Å². The summed E-state index contributed by atoms with van der Waals surface area (Å²) >= 11 is 1.51. The SMILES string of the molecule is Cc1noc(CCNc2nc(-c3ccc(F)cc3)cs2)n1. The molecule has 0 saturated carbocycles. The van der Waals surface area contributed by atoms with Crippen molar-refractivity contribution in [3.63, 3.8) is 0 Å². The lowest BCUT2D eigenvalue weighted by atomic mass is 10.2. The van der Waals surface area contributed by atoms with E-state index >= 15 is 0 Å². The monoisotopic (exact) mass is 304 g/mol. The molecule has 7 heteroatoms. The summed E-state index contributed by atoms with van der Waals surface area (Å²) in [5.74, 6) is 0.996. The standard InChI is InChI=1S/C14H13FN4OS/c1-9-17-13(20-19-9)6-7-16-14-18-12(8-21-14)10-2-4-11(15)5-3-10/h2-5,8H,6-7H2,1H3,(H,16,18). The Morgan fingerprint density at radius 1 is 1.24 bits per heavy atom. The summed E-state index contributed by atoms with van der Waals surface area (Å²) in [5, 5.41) is 9.69. The molecule has 0 aliphatic heterocycles. The quantitative estimate of drug-likeness (QED) is 0.783. The summed E-state index contributed by atoms with van der Waals surface area (Å²) in [4.78, 5) is 8.60. The second kappa shape index (κ2) is 6.01. The fourth-order valence-corrected chi connectivity index (χ4v) is 2.57. The number of benzene rings is 1. The Morgan fingerprint density at radius 3 is 2.76 bits per heavy atom. The van der Waals surface area contributed by atoms with Gasteiger partial charge in [-0.1, -0.05) is 5.16 Å². The smallest absolute Gasteiger partial charge is 0.228 e. The number of hydrogen-bond donors (Lipinski definition) is 1. The molecule has 1 aromatic carbocycles. The maximum atomic E-state index is 12.9. The molecule has 0 saturated heterocycles. The van der Waals surface area contributed by atoms with E-state index in [2.05, 4.69) is 20.4 Å². The van der Waals surface area contributed by atoms with Gasteiger partial charge in [0.05, 0.1) is 5.69 Å². The highest BCUT2D eigenvalue weighted by Gasteiger charge is 2.06. The van der Waals surface area contributed by atoms with Gasteiger partial charge in [0.1, 0.15) is 5.82 Å². The highest BCUT2D eigenvalue weighted by atomic mass is 32.1. The maximum Gasteiger partial charge on any atom is 0.228 e. The predicted molar refractivity (Wildman–Crippen MR) is 78.7 cm³/mol. The van der Waals surface area contributed by atoms with Crippen LogP contribution < -0.4 is 5.32 Å². The Kier molecular flexibility index (Phi) is 3.92. The molecule has 0 radical (unpaired) electrons. The van der Waals surface area contributed by atoms with E-state index in [9.17, 15) is 4.39 Å². The molecule has 0 unspecified atom stereocenters. The van der Waals surface area contributed by atoms with Crippen molar-refractivity contribution in [1.29, 1.82) is 0 Å². The number of hydrogen-bond acceptors (Lipinski definition) is 6. The Bertz CT molecular complexity index is 723. The van der Waals surface area contributed by atoms with Crippen LogP contribution in [-0.2, 0) is 6.42 Å². The fourth-order valence-electron chi connectivity index (χ4n) is 1.83.